The van der Waals surface area contributed by atoms with Gasteiger partial charge in [-0.25, -0.2) is 4.98 Å². The number of carbonyl (C=O) groups excluding carboxylic acids is 3. The van der Waals surface area contributed by atoms with E-state index in [0.717, 1.165) is 9.91 Å². The standard InChI is InChI=1S/C15H14N4O3S/c1-19-14(21)10-3-2-8(4-11(10)15(19)22)17-12(20)5-9-7-23-13(6-16)18-9/h2-4,7H,5-6,16H2,1H3,(H,17,20). The fourth-order valence-electron chi connectivity index (χ4n) is 2.33. The smallest absolute Gasteiger partial charge is 0.261 e. The fraction of sp³-hybridized carbons (Fsp3) is 0.200. The third-order valence-electron chi connectivity index (χ3n) is 3.49. The predicted molar refractivity (Wildman–Crippen MR) is 85.2 cm³/mol. The Kier molecular flexibility index (Phi) is 3.93. The molecule has 0 bridgehead atoms. The molecule has 1 aromatic heterocycles. The summed E-state index contributed by atoms with van der Waals surface area (Å²) in [6.45, 7) is 0.348. The lowest BCUT2D eigenvalue weighted by molar-refractivity contribution is -0.115. The minimum absolute atomic E-state index is 0.125. The van der Waals surface area contributed by atoms with Crippen LogP contribution in [0.1, 0.15) is 31.4 Å². The lowest BCUT2D eigenvalue weighted by Crippen LogP contribution is -2.24. The number of thiazole rings is 1. The third-order valence-corrected chi connectivity index (χ3v) is 4.41. The molecule has 0 radical (unpaired) electrons. The summed E-state index contributed by atoms with van der Waals surface area (Å²) in [7, 11) is 1.43. The van der Waals surface area contributed by atoms with Gasteiger partial charge in [-0.2, -0.15) is 0 Å². The van der Waals surface area contributed by atoms with Crippen molar-refractivity contribution in [2.24, 2.45) is 5.73 Å². The predicted octanol–water partition coefficient (Wildman–Crippen LogP) is 1.01. The van der Waals surface area contributed by atoms with Crippen molar-refractivity contribution in [1.29, 1.82) is 0 Å². The summed E-state index contributed by atoms with van der Waals surface area (Å²) in [5.41, 5.74) is 7.26. The van der Waals surface area contributed by atoms with Gasteiger partial charge in [0, 0.05) is 24.7 Å². The Morgan fingerprint density at radius 3 is 2.74 bits per heavy atom. The molecule has 3 rings (SSSR count). The summed E-state index contributed by atoms with van der Waals surface area (Å²) in [5, 5.41) is 5.28. The first-order valence-corrected chi connectivity index (χ1v) is 7.77. The van der Waals surface area contributed by atoms with Crippen molar-refractivity contribution in [2.75, 3.05) is 12.4 Å². The van der Waals surface area contributed by atoms with Gasteiger partial charge in [0.05, 0.1) is 23.2 Å². The van der Waals surface area contributed by atoms with E-state index in [-0.39, 0.29) is 24.1 Å². The van der Waals surface area contributed by atoms with Gasteiger partial charge in [0.25, 0.3) is 11.8 Å². The normalized spacial score (nSPS) is 13.4. The maximum absolute atomic E-state index is 12.0. The van der Waals surface area contributed by atoms with Crippen LogP contribution in [0.3, 0.4) is 0 Å². The maximum Gasteiger partial charge on any atom is 0.261 e. The molecule has 0 fully saturated rings. The molecule has 8 heteroatoms. The van der Waals surface area contributed by atoms with E-state index in [0.29, 0.717) is 29.1 Å². The van der Waals surface area contributed by atoms with Gasteiger partial charge in [0.1, 0.15) is 5.01 Å². The molecule has 0 saturated carbocycles. The Hall–Kier alpha value is -2.58. The fourth-order valence-corrected chi connectivity index (χ4v) is 3.01. The first-order valence-electron chi connectivity index (χ1n) is 6.89. The molecule has 0 atom stereocenters. The van der Waals surface area contributed by atoms with Crippen molar-refractivity contribution in [1.82, 2.24) is 9.88 Å². The van der Waals surface area contributed by atoms with Gasteiger partial charge in [-0.15, -0.1) is 11.3 Å². The second-order valence-corrected chi connectivity index (χ2v) is 6.03. The Bertz CT molecular complexity index is 815. The van der Waals surface area contributed by atoms with E-state index in [1.165, 1.54) is 24.5 Å². The van der Waals surface area contributed by atoms with Crippen LogP contribution in [0, 0.1) is 0 Å². The summed E-state index contributed by atoms with van der Waals surface area (Å²) in [4.78, 5) is 41.1. The quantitative estimate of drug-likeness (QED) is 0.814. The van der Waals surface area contributed by atoms with Crippen LogP contribution in [0.4, 0.5) is 5.69 Å². The average Bonchev–Trinajstić information content (AvgIpc) is 3.07. The molecule has 23 heavy (non-hydrogen) atoms. The lowest BCUT2D eigenvalue weighted by Gasteiger charge is -2.05. The largest absolute Gasteiger partial charge is 0.326 e. The highest BCUT2D eigenvalue weighted by Gasteiger charge is 2.32. The second-order valence-electron chi connectivity index (χ2n) is 5.09. The number of nitrogens with zero attached hydrogens (tertiary/aromatic N) is 2. The highest BCUT2D eigenvalue weighted by Crippen LogP contribution is 2.24. The molecule has 1 aromatic carbocycles. The van der Waals surface area contributed by atoms with Gasteiger partial charge in [-0.1, -0.05) is 0 Å². The van der Waals surface area contributed by atoms with Gasteiger partial charge in [0.15, 0.2) is 0 Å². The molecule has 0 unspecified atom stereocenters. The summed E-state index contributed by atoms with van der Waals surface area (Å²) in [5.74, 6) is -0.947. The van der Waals surface area contributed by atoms with Crippen LogP contribution in [0.15, 0.2) is 23.6 Å². The molecular formula is C15H14N4O3S. The van der Waals surface area contributed by atoms with Crippen molar-refractivity contribution < 1.29 is 14.4 Å². The van der Waals surface area contributed by atoms with Crippen LogP contribution in [-0.4, -0.2) is 34.7 Å². The molecule has 2 aromatic rings. The van der Waals surface area contributed by atoms with Gasteiger partial charge in [-0.05, 0) is 18.2 Å². The van der Waals surface area contributed by atoms with Gasteiger partial charge >= 0.3 is 0 Å². The van der Waals surface area contributed by atoms with E-state index in [1.54, 1.807) is 17.5 Å². The molecule has 0 spiro atoms. The minimum Gasteiger partial charge on any atom is -0.326 e. The minimum atomic E-state index is -0.367. The van der Waals surface area contributed by atoms with Crippen LogP contribution in [0.5, 0.6) is 0 Å². The van der Waals surface area contributed by atoms with E-state index in [9.17, 15) is 14.4 Å². The zero-order chi connectivity index (χ0) is 16.6. The Balaban J connectivity index is 1.73. The number of nitrogens with one attached hydrogen (secondary N) is 1. The summed E-state index contributed by atoms with van der Waals surface area (Å²) in [6, 6.07) is 4.67. The average molecular weight is 330 g/mol. The number of anilines is 1. The topological polar surface area (TPSA) is 105 Å². The summed E-state index contributed by atoms with van der Waals surface area (Å²) >= 11 is 1.41. The van der Waals surface area contributed by atoms with E-state index in [1.807, 2.05) is 0 Å². The number of hydrogen-bond donors (Lipinski definition) is 2. The Morgan fingerprint density at radius 1 is 1.30 bits per heavy atom. The number of amides is 3. The lowest BCUT2D eigenvalue weighted by atomic mass is 10.1. The van der Waals surface area contributed by atoms with Gasteiger partial charge < -0.3 is 11.1 Å². The van der Waals surface area contributed by atoms with Crippen LogP contribution >= 0.6 is 11.3 Å². The molecule has 3 N–H and O–H groups in total. The van der Waals surface area contributed by atoms with E-state index in [4.69, 9.17) is 5.73 Å². The second kappa shape index (κ2) is 5.90. The summed E-state index contributed by atoms with van der Waals surface area (Å²) < 4.78 is 0. The number of aromatic nitrogens is 1. The molecule has 0 aliphatic carbocycles. The number of rotatable bonds is 4. The number of carbonyl (C=O) groups is 3. The molecule has 7 nitrogen and oxygen atoms in total. The number of benzene rings is 1. The maximum atomic E-state index is 12.0. The molecule has 3 amide bonds. The zero-order valence-corrected chi connectivity index (χ0v) is 13.1. The summed E-state index contributed by atoms with van der Waals surface area (Å²) in [6.07, 6.45) is 0.125. The van der Waals surface area contributed by atoms with Crippen molar-refractivity contribution >= 4 is 34.7 Å². The highest BCUT2D eigenvalue weighted by atomic mass is 32.1. The molecule has 2 heterocycles. The number of nitrogens with two attached hydrogens (primary N) is 1. The third kappa shape index (κ3) is 2.86. The monoisotopic (exact) mass is 330 g/mol. The van der Waals surface area contributed by atoms with Crippen LogP contribution in [0.2, 0.25) is 0 Å². The van der Waals surface area contributed by atoms with Crippen LogP contribution in [0.25, 0.3) is 0 Å². The Labute approximate surface area is 136 Å². The van der Waals surface area contributed by atoms with Gasteiger partial charge in [0.2, 0.25) is 5.91 Å². The van der Waals surface area contributed by atoms with E-state index < -0.39 is 0 Å². The van der Waals surface area contributed by atoms with E-state index >= 15 is 0 Å². The number of hydrogen-bond acceptors (Lipinski definition) is 6. The molecular weight excluding hydrogens is 316 g/mol. The molecule has 118 valence electrons. The SMILES string of the molecule is CN1C(=O)c2ccc(NC(=O)Cc3csc(CN)n3)cc2C1=O. The van der Waals surface area contributed by atoms with Crippen molar-refractivity contribution in [2.45, 2.75) is 13.0 Å². The molecule has 0 saturated heterocycles. The van der Waals surface area contributed by atoms with Crippen molar-refractivity contribution in [3.05, 3.63) is 45.4 Å². The van der Waals surface area contributed by atoms with Crippen LogP contribution < -0.4 is 11.1 Å². The number of fused-ring (bicyclic) bond motifs is 1. The van der Waals surface area contributed by atoms with Crippen molar-refractivity contribution in [3.8, 4) is 0 Å². The number of imide groups is 1. The highest BCUT2D eigenvalue weighted by molar-refractivity contribution is 7.09. The zero-order valence-electron chi connectivity index (χ0n) is 12.3. The van der Waals surface area contributed by atoms with E-state index in [2.05, 4.69) is 10.3 Å². The van der Waals surface area contributed by atoms with Crippen LogP contribution in [-0.2, 0) is 17.8 Å². The first kappa shape index (κ1) is 15.3. The van der Waals surface area contributed by atoms with Crippen molar-refractivity contribution in [3.63, 3.8) is 0 Å². The Morgan fingerprint density at radius 2 is 2.04 bits per heavy atom. The molecule has 1 aliphatic rings. The molecule has 1 aliphatic heterocycles. The van der Waals surface area contributed by atoms with Gasteiger partial charge in [-0.3, -0.25) is 19.3 Å². The first-order chi connectivity index (χ1) is 11.0.